The molecular formula is C20H26O4. The Bertz CT molecular complexity index is 593. The van der Waals surface area contributed by atoms with Crippen LogP contribution in [0.5, 0.6) is 0 Å². The predicted octanol–water partition coefficient (Wildman–Crippen LogP) is 3.48. The van der Waals surface area contributed by atoms with E-state index in [1.807, 2.05) is 18.2 Å². The maximum absolute atomic E-state index is 12.6. The van der Waals surface area contributed by atoms with Gasteiger partial charge in [0.15, 0.2) is 5.79 Å². The monoisotopic (exact) mass is 330 g/mol. The molecule has 1 heterocycles. The summed E-state index contributed by atoms with van der Waals surface area (Å²) in [6.07, 6.45) is 4.03. The van der Waals surface area contributed by atoms with Crippen LogP contribution in [-0.4, -0.2) is 30.9 Å². The van der Waals surface area contributed by atoms with Gasteiger partial charge in [0.2, 0.25) is 0 Å². The van der Waals surface area contributed by atoms with Gasteiger partial charge in [-0.1, -0.05) is 37.3 Å². The quantitative estimate of drug-likeness (QED) is 0.851. The summed E-state index contributed by atoms with van der Waals surface area (Å²) >= 11 is 0. The Hall–Kier alpha value is -1.23. The molecule has 1 aliphatic heterocycles. The zero-order valence-electron chi connectivity index (χ0n) is 14.3. The highest BCUT2D eigenvalue weighted by atomic mass is 16.7. The van der Waals surface area contributed by atoms with Gasteiger partial charge < -0.3 is 14.2 Å². The smallest absolute Gasteiger partial charge is 0.169 e. The van der Waals surface area contributed by atoms with Crippen LogP contribution in [0.1, 0.15) is 44.6 Å². The molecule has 0 bridgehead atoms. The molecule has 0 amide bonds. The maximum Gasteiger partial charge on any atom is 0.169 e. The van der Waals surface area contributed by atoms with E-state index in [-0.39, 0.29) is 17.4 Å². The zero-order valence-corrected chi connectivity index (χ0v) is 14.3. The van der Waals surface area contributed by atoms with Crippen molar-refractivity contribution in [2.75, 3.05) is 13.2 Å². The number of hydrogen-bond donors (Lipinski definition) is 0. The van der Waals surface area contributed by atoms with Crippen molar-refractivity contribution in [1.29, 1.82) is 0 Å². The molecule has 0 radical (unpaired) electrons. The average molecular weight is 330 g/mol. The van der Waals surface area contributed by atoms with Gasteiger partial charge in [-0.25, -0.2) is 0 Å². The fourth-order valence-electron chi connectivity index (χ4n) is 4.73. The van der Waals surface area contributed by atoms with Crippen LogP contribution in [-0.2, 0) is 25.6 Å². The normalized spacial score (nSPS) is 35.1. The summed E-state index contributed by atoms with van der Waals surface area (Å²) < 4.78 is 18.1. The third-order valence-electron chi connectivity index (χ3n) is 6.24. The highest BCUT2D eigenvalue weighted by Gasteiger charge is 2.57. The van der Waals surface area contributed by atoms with Crippen molar-refractivity contribution in [2.45, 2.75) is 57.5 Å². The Kier molecular flexibility index (Phi) is 4.23. The SMILES string of the molecule is C[C@]12CCC3(CC1C(=O)CC[C@@H]2OCc1ccccc1)OCCO3. The summed E-state index contributed by atoms with van der Waals surface area (Å²) in [5.41, 5.74) is 1.08. The van der Waals surface area contributed by atoms with Crippen molar-refractivity contribution in [3.05, 3.63) is 35.9 Å². The molecule has 1 saturated heterocycles. The van der Waals surface area contributed by atoms with Gasteiger partial charge in [0, 0.05) is 30.6 Å². The van der Waals surface area contributed by atoms with Gasteiger partial charge in [-0.3, -0.25) is 4.79 Å². The summed E-state index contributed by atoms with van der Waals surface area (Å²) in [4.78, 5) is 12.6. The summed E-state index contributed by atoms with van der Waals surface area (Å²) in [5.74, 6) is -0.171. The van der Waals surface area contributed by atoms with Gasteiger partial charge in [-0.15, -0.1) is 0 Å². The molecule has 4 nitrogen and oxygen atoms in total. The zero-order chi connectivity index (χ0) is 16.6. The van der Waals surface area contributed by atoms with Crippen LogP contribution in [0.15, 0.2) is 30.3 Å². The second kappa shape index (κ2) is 6.25. The van der Waals surface area contributed by atoms with E-state index in [9.17, 15) is 4.79 Å². The number of rotatable bonds is 3. The molecule has 1 aromatic rings. The van der Waals surface area contributed by atoms with Crippen LogP contribution >= 0.6 is 0 Å². The highest BCUT2D eigenvalue weighted by molar-refractivity contribution is 5.83. The van der Waals surface area contributed by atoms with Gasteiger partial charge in [0.1, 0.15) is 5.78 Å². The largest absolute Gasteiger partial charge is 0.373 e. The van der Waals surface area contributed by atoms with Crippen molar-refractivity contribution >= 4 is 5.78 Å². The topological polar surface area (TPSA) is 44.8 Å². The predicted molar refractivity (Wildman–Crippen MR) is 89.3 cm³/mol. The van der Waals surface area contributed by atoms with Crippen molar-refractivity contribution in [1.82, 2.24) is 0 Å². The molecule has 24 heavy (non-hydrogen) atoms. The van der Waals surface area contributed by atoms with Gasteiger partial charge >= 0.3 is 0 Å². The first kappa shape index (κ1) is 16.2. The maximum atomic E-state index is 12.6. The number of carbonyl (C=O) groups excluding carboxylic acids is 1. The molecule has 3 fully saturated rings. The van der Waals surface area contributed by atoms with E-state index in [0.29, 0.717) is 38.4 Å². The standard InChI is InChI=1S/C20H26O4/c1-19-9-10-20(23-11-12-24-20)13-16(19)17(21)7-8-18(19)22-14-15-5-3-2-4-6-15/h2-6,16,18H,7-14H2,1H3/t16?,18-,19-/m0/s1. The van der Waals surface area contributed by atoms with Crippen molar-refractivity contribution in [3.63, 3.8) is 0 Å². The Morgan fingerprint density at radius 1 is 1.17 bits per heavy atom. The number of hydrogen-bond acceptors (Lipinski definition) is 4. The number of ketones is 1. The molecule has 2 aliphatic carbocycles. The minimum Gasteiger partial charge on any atom is -0.373 e. The first-order valence-electron chi connectivity index (χ1n) is 9.08. The number of ether oxygens (including phenoxy) is 3. The second-order valence-electron chi connectivity index (χ2n) is 7.66. The van der Waals surface area contributed by atoms with Crippen LogP contribution in [0, 0.1) is 11.3 Å². The lowest BCUT2D eigenvalue weighted by Gasteiger charge is -2.52. The highest BCUT2D eigenvalue weighted by Crippen LogP contribution is 2.54. The average Bonchev–Trinajstić information content (AvgIpc) is 3.05. The lowest BCUT2D eigenvalue weighted by Crippen LogP contribution is -2.55. The van der Waals surface area contributed by atoms with Crippen LogP contribution in [0.4, 0.5) is 0 Å². The van der Waals surface area contributed by atoms with E-state index in [2.05, 4.69) is 19.1 Å². The van der Waals surface area contributed by atoms with E-state index in [1.165, 1.54) is 5.56 Å². The summed E-state index contributed by atoms with van der Waals surface area (Å²) in [5, 5.41) is 0. The van der Waals surface area contributed by atoms with Crippen molar-refractivity contribution < 1.29 is 19.0 Å². The van der Waals surface area contributed by atoms with Crippen molar-refractivity contribution in [2.24, 2.45) is 11.3 Å². The molecule has 1 unspecified atom stereocenters. The van der Waals surface area contributed by atoms with Gasteiger partial charge in [0.25, 0.3) is 0 Å². The molecule has 4 heteroatoms. The second-order valence-corrected chi connectivity index (χ2v) is 7.66. The molecule has 4 rings (SSSR count). The number of fused-ring (bicyclic) bond motifs is 1. The molecule has 1 aromatic carbocycles. The minimum atomic E-state index is -0.513. The first-order chi connectivity index (χ1) is 11.6. The Labute approximate surface area is 143 Å². The van der Waals surface area contributed by atoms with Gasteiger partial charge in [-0.05, 0) is 18.4 Å². The Balaban J connectivity index is 1.49. The Morgan fingerprint density at radius 2 is 1.92 bits per heavy atom. The molecule has 130 valence electrons. The molecule has 2 saturated carbocycles. The molecule has 0 aromatic heterocycles. The number of benzene rings is 1. The summed E-state index contributed by atoms with van der Waals surface area (Å²) in [6.45, 7) is 4.13. The third-order valence-corrected chi connectivity index (χ3v) is 6.24. The summed E-state index contributed by atoms with van der Waals surface area (Å²) in [7, 11) is 0. The Morgan fingerprint density at radius 3 is 2.67 bits per heavy atom. The van der Waals surface area contributed by atoms with E-state index in [1.54, 1.807) is 0 Å². The van der Waals surface area contributed by atoms with Crippen LogP contribution in [0.3, 0.4) is 0 Å². The molecule has 1 spiro atoms. The first-order valence-corrected chi connectivity index (χ1v) is 9.08. The van der Waals surface area contributed by atoms with Crippen LogP contribution in [0.2, 0.25) is 0 Å². The van der Waals surface area contributed by atoms with Crippen LogP contribution in [0.25, 0.3) is 0 Å². The molecule has 3 atom stereocenters. The summed E-state index contributed by atoms with van der Waals surface area (Å²) in [6, 6.07) is 10.3. The van der Waals surface area contributed by atoms with Crippen LogP contribution < -0.4 is 0 Å². The lowest BCUT2D eigenvalue weighted by molar-refractivity contribution is -0.226. The van der Waals surface area contributed by atoms with E-state index < -0.39 is 5.79 Å². The number of carbonyl (C=O) groups is 1. The van der Waals surface area contributed by atoms with E-state index in [4.69, 9.17) is 14.2 Å². The molecule has 3 aliphatic rings. The molecular weight excluding hydrogens is 304 g/mol. The number of Topliss-reactive ketones (excluding diaryl/α,β-unsaturated/α-hetero) is 1. The lowest BCUT2D eigenvalue weighted by atomic mass is 9.57. The fourth-order valence-corrected chi connectivity index (χ4v) is 4.73. The fraction of sp³-hybridized carbons (Fsp3) is 0.650. The minimum absolute atomic E-state index is 0.0149. The van der Waals surface area contributed by atoms with Gasteiger partial charge in [-0.2, -0.15) is 0 Å². The van der Waals surface area contributed by atoms with Gasteiger partial charge in [0.05, 0.1) is 25.9 Å². The molecule has 0 N–H and O–H groups in total. The van der Waals surface area contributed by atoms with E-state index >= 15 is 0 Å². The van der Waals surface area contributed by atoms with E-state index in [0.717, 1.165) is 19.3 Å². The third kappa shape index (κ3) is 2.81. The van der Waals surface area contributed by atoms with Crippen molar-refractivity contribution in [3.8, 4) is 0 Å².